The Hall–Kier alpha value is -1.74. The van der Waals surface area contributed by atoms with Crippen molar-refractivity contribution in [3.63, 3.8) is 0 Å². The lowest BCUT2D eigenvalue weighted by molar-refractivity contribution is 0.949. The molecule has 0 saturated carbocycles. The normalized spacial score (nSPS) is 15.3. The highest BCUT2D eigenvalue weighted by Crippen LogP contribution is 2.34. The zero-order valence-corrected chi connectivity index (χ0v) is 10.8. The molecule has 94 valence electrons. The van der Waals surface area contributed by atoms with Crippen LogP contribution in [0.15, 0.2) is 36.4 Å². The second-order valence-corrected chi connectivity index (χ2v) is 4.95. The van der Waals surface area contributed by atoms with Crippen LogP contribution in [0.25, 0.3) is 10.8 Å². The smallest absolute Gasteiger partial charge is 0.0593 e. The van der Waals surface area contributed by atoms with Gasteiger partial charge in [0.25, 0.3) is 0 Å². The van der Waals surface area contributed by atoms with Crippen molar-refractivity contribution >= 4 is 22.1 Å². The number of hydrogen-bond donors (Lipinski definition) is 1. The van der Waals surface area contributed by atoms with Gasteiger partial charge in [-0.15, -0.1) is 0 Å². The van der Waals surface area contributed by atoms with E-state index < -0.39 is 0 Å². The summed E-state index contributed by atoms with van der Waals surface area (Å²) in [6, 6.07) is 12.8. The lowest BCUT2D eigenvalue weighted by Gasteiger charge is -2.23. The minimum Gasteiger partial charge on any atom is -0.371 e. The van der Waals surface area contributed by atoms with Crippen molar-refractivity contribution in [2.45, 2.75) is 12.8 Å². The van der Waals surface area contributed by atoms with Crippen LogP contribution in [0.4, 0.5) is 11.4 Å². The highest BCUT2D eigenvalue weighted by molar-refractivity contribution is 6.02. The number of nitrogens with two attached hydrogens (primary N) is 1. The SMILES string of the molecule is CN(N)c1ccc(N2CCCC2)c2ccccc12. The summed E-state index contributed by atoms with van der Waals surface area (Å²) in [5, 5.41) is 4.22. The number of hydrazine groups is 1. The molecule has 0 aromatic heterocycles. The first-order chi connectivity index (χ1) is 8.77. The Morgan fingerprint density at radius 1 is 1.00 bits per heavy atom. The van der Waals surface area contributed by atoms with Crippen LogP contribution in [-0.4, -0.2) is 20.1 Å². The largest absolute Gasteiger partial charge is 0.371 e. The Morgan fingerprint density at radius 3 is 2.33 bits per heavy atom. The first-order valence-electron chi connectivity index (χ1n) is 6.52. The van der Waals surface area contributed by atoms with Gasteiger partial charge in [-0.25, -0.2) is 5.84 Å². The summed E-state index contributed by atoms with van der Waals surface area (Å²) in [5.74, 6) is 5.90. The van der Waals surface area contributed by atoms with E-state index >= 15 is 0 Å². The van der Waals surface area contributed by atoms with Gasteiger partial charge in [-0.05, 0) is 25.0 Å². The fourth-order valence-corrected chi connectivity index (χ4v) is 2.81. The van der Waals surface area contributed by atoms with Crippen molar-refractivity contribution < 1.29 is 0 Å². The van der Waals surface area contributed by atoms with E-state index in [1.54, 1.807) is 5.01 Å². The minimum absolute atomic E-state index is 1.08. The Morgan fingerprint density at radius 2 is 1.67 bits per heavy atom. The fourth-order valence-electron chi connectivity index (χ4n) is 2.81. The molecule has 3 nitrogen and oxygen atoms in total. The number of anilines is 2. The Bertz CT molecular complexity index is 557. The Labute approximate surface area is 108 Å². The van der Waals surface area contributed by atoms with Gasteiger partial charge in [-0.3, -0.25) is 0 Å². The number of hydrogen-bond acceptors (Lipinski definition) is 3. The van der Waals surface area contributed by atoms with E-state index in [0.717, 1.165) is 5.69 Å². The molecule has 0 amide bonds. The first-order valence-corrected chi connectivity index (χ1v) is 6.52. The molecule has 3 heteroatoms. The highest BCUT2D eigenvalue weighted by atomic mass is 15.4. The molecule has 2 aromatic rings. The van der Waals surface area contributed by atoms with Gasteiger partial charge in [0.1, 0.15) is 0 Å². The van der Waals surface area contributed by atoms with Crippen LogP contribution < -0.4 is 15.8 Å². The van der Waals surface area contributed by atoms with E-state index in [0.29, 0.717) is 0 Å². The van der Waals surface area contributed by atoms with Crippen molar-refractivity contribution in [2.24, 2.45) is 5.84 Å². The zero-order chi connectivity index (χ0) is 12.5. The van der Waals surface area contributed by atoms with E-state index in [2.05, 4.69) is 41.3 Å². The molecule has 1 heterocycles. The molecular weight excluding hydrogens is 222 g/mol. The van der Waals surface area contributed by atoms with Crippen LogP contribution in [0.5, 0.6) is 0 Å². The van der Waals surface area contributed by atoms with Crippen LogP contribution in [0, 0.1) is 0 Å². The number of nitrogens with zero attached hydrogens (tertiary/aromatic N) is 2. The number of rotatable bonds is 2. The lowest BCUT2D eigenvalue weighted by atomic mass is 10.1. The van der Waals surface area contributed by atoms with Gasteiger partial charge in [0.05, 0.1) is 5.69 Å². The van der Waals surface area contributed by atoms with Crippen LogP contribution in [-0.2, 0) is 0 Å². The third kappa shape index (κ3) is 1.81. The lowest BCUT2D eigenvalue weighted by Crippen LogP contribution is -2.25. The molecule has 1 fully saturated rings. The molecule has 3 rings (SSSR count). The monoisotopic (exact) mass is 241 g/mol. The van der Waals surface area contributed by atoms with Gasteiger partial charge in [0, 0.05) is 36.6 Å². The molecule has 0 unspecified atom stereocenters. The fraction of sp³-hybridized carbons (Fsp3) is 0.333. The quantitative estimate of drug-likeness (QED) is 0.648. The second kappa shape index (κ2) is 4.50. The molecule has 0 atom stereocenters. The maximum Gasteiger partial charge on any atom is 0.0593 e. The standard InChI is InChI=1S/C15H19N3/c1-17(16)14-8-9-15(18-10-4-5-11-18)13-7-3-2-6-12(13)14/h2-3,6-9H,4-5,10-11,16H2,1H3. The number of fused-ring (bicyclic) bond motifs is 1. The Balaban J connectivity index is 2.19. The van der Waals surface area contributed by atoms with Crippen molar-refractivity contribution in [3.8, 4) is 0 Å². The molecule has 1 aliphatic rings. The van der Waals surface area contributed by atoms with Gasteiger partial charge >= 0.3 is 0 Å². The van der Waals surface area contributed by atoms with Crippen molar-refractivity contribution in [2.75, 3.05) is 30.0 Å². The topological polar surface area (TPSA) is 32.5 Å². The maximum atomic E-state index is 5.90. The molecule has 0 spiro atoms. The van der Waals surface area contributed by atoms with Gasteiger partial charge in [-0.2, -0.15) is 0 Å². The third-order valence-electron chi connectivity index (χ3n) is 3.70. The summed E-state index contributed by atoms with van der Waals surface area (Å²) in [7, 11) is 1.89. The summed E-state index contributed by atoms with van der Waals surface area (Å²) < 4.78 is 0. The van der Waals surface area contributed by atoms with Crippen LogP contribution in [0.2, 0.25) is 0 Å². The van der Waals surface area contributed by atoms with Crippen molar-refractivity contribution in [1.29, 1.82) is 0 Å². The van der Waals surface area contributed by atoms with Crippen molar-refractivity contribution in [1.82, 2.24) is 0 Å². The molecule has 2 N–H and O–H groups in total. The van der Waals surface area contributed by atoms with Gasteiger partial charge < -0.3 is 9.91 Å². The molecular formula is C15H19N3. The first kappa shape index (κ1) is 11.4. The average Bonchev–Trinajstić information content (AvgIpc) is 2.91. The zero-order valence-electron chi connectivity index (χ0n) is 10.8. The summed E-state index contributed by atoms with van der Waals surface area (Å²) >= 11 is 0. The van der Waals surface area contributed by atoms with E-state index in [1.807, 2.05) is 7.05 Å². The summed E-state index contributed by atoms with van der Waals surface area (Å²) in [5.41, 5.74) is 2.42. The van der Waals surface area contributed by atoms with E-state index in [-0.39, 0.29) is 0 Å². The number of benzene rings is 2. The van der Waals surface area contributed by atoms with Crippen molar-refractivity contribution in [3.05, 3.63) is 36.4 Å². The summed E-state index contributed by atoms with van der Waals surface area (Å²) in [6.07, 6.45) is 2.60. The second-order valence-electron chi connectivity index (χ2n) is 4.95. The highest BCUT2D eigenvalue weighted by Gasteiger charge is 2.16. The van der Waals surface area contributed by atoms with E-state index in [9.17, 15) is 0 Å². The molecule has 2 aromatic carbocycles. The Kier molecular flexibility index (Phi) is 2.84. The van der Waals surface area contributed by atoms with E-state index in [1.165, 1.54) is 42.4 Å². The minimum atomic E-state index is 1.08. The molecule has 0 radical (unpaired) electrons. The maximum absolute atomic E-state index is 5.90. The van der Waals surface area contributed by atoms with Gasteiger partial charge in [-0.1, -0.05) is 24.3 Å². The average molecular weight is 241 g/mol. The summed E-state index contributed by atoms with van der Waals surface area (Å²) in [6.45, 7) is 2.34. The summed E-state index contributed by atoms with van der Waals surface area (Å²) in [4.78, 5) is 2.47. The molecule has 0 aliphatic carbocycles. The van der Waals surface area contributed by atoms with Crippen LogP contribution >= 0.6 is 0 Å². The van der Waals surface area contributed by atoms with E-state index in [4.69, 9.17) is 5.84 Å². The van der Waals surface area contributed by atoms with Crippen LogP contribution in [0.1, 0.15) is 12.8 Å². The molecule has 18 heavy (non-hydrogen) atoms. The molecule has 1 saturated heterocycles. The van der Waals surface area contributed by atoms with Gasteiger partial charge in [0.2, 0.25) is 0 Å². The molecule has 0 bridgehead atoms. The van der Waals surface area contributed by atoms with Crippen LogP contribution in [0.3, 0.4) is 0 Å². The third-order valence-corrected chi connectivity index (χ3v) is 3.70. The van der Waals surface area contributed by atoms with Gasteiger partial charge in [0.15, 0.2) is 0 Å². The predicted octanol–water partition coefficient (Wildman–Crippen LogP) is 2.75. The predicted molar refractivity (Wildman–Crippen MR) is 78.0 cm³/mol. The molecule has 1 aliphatic heterocycles.